The molecule has 0 radical (unpaired) electrons. The van der Waals surface area contributed by atoms with Crippen molar-refractivity contribution < 1.29 is 4.52 Å². The van der Waals surface area contributed by atoms with Crippen molar-refractivity contribution in [2.75, 3.05) is 13.1 Å². The first-order chi connectivity index (χ1) is 11.3. The highest BCUT2D eigenvalue weighted by molar-refractivity contribution is 5.31. The van der Waals surface area contributed by atoms with Crippen LogP contribution in [0, 0.1) is 11.3 Å². The van der Waals surface area contributed by atoms with Gasteiger partial charge in [0.2, 0.25) is 5.89 Å². The Balaban J connectivity index is 1.40. The molecule has 1 aliphatic carbocycles. The van der Waals surface area contributed by atoms with E-state index in [2.05, 4.69) is 21.1 Å². The molecule has 1 aromatic heterocycles. The second-order valence-electron chi connectivity index (χ2n) is 6.65. The number of piperidine rings is 1. The average molecular weight is 308 g/mol. The van der Waals surface area contributed by atoms with Gasteiger partial charge in [-0.3, -0.25) is 4.90 Å². The summed E-state index contributed by atoms with van der Waals surface area (Å²) in [5, 5.41) is 13.1. The van der Waals surface area contributed by atoms with Crippen LogP contribution in [-0.2, 0) is 6.54 Å². The van der Waals surface area contributed by atoms with E-state index in [1.165, 1.54) is 18.4 Å². The summed E-state index contributed by atoms with van der Waals surface area (Å²) >= 11 is 0. The molecule has 5 heteroatoms. The molecular weight excluding hydrogens is 288 g/mol. The molecule has 23 heavy (non-hydrogen) atoms. The third-order valence-electron chi connectivity index (χ3n) is 4.74. The van der Waals surface area contributed by atoms with Gasteiger partial charge in [0.25, 0.3) is 0 Å². The van der Waals surface area contributed by atoms with Gasteiger partial charge in [-0.2, -0.15) is 10.2 Å². The van der Waals surface area contributed by atoms with Crippen molar-refractivity contribution in [2.45, 2.75) is 44.1 Å². The fraction of sp³-hybridized carbons (Fsp3) is 0.500. The summed E-state index contributed by atoms with van der Waals surface area (Å²) in [5.74, 6) is 2.62. The average Bonchev–Trinajstić information content (AvgIpc) is 3.33. The monoisotopic (exact) mass is 308 g/mol. The zero-order valence-electron chi connectivity index (χ0n) is 13.1. The highest BCUT2D eigenvalue weighted by atomic mass is 16.5. The summed E-state index contributed by atoms with van der Waals surface area (Å²) in [4.78, 5) is 7.07. The molecule has 0 N–H and O–H groups in total. The smallest absolute Gasteiger partial charge is 0.229 e. The van der Waals surface area contributed by atoms with Crippen LogP contribution in [0.2, 0.25) is 0 Å². The Morgan fingerprint density at radius 1 is 1.17 bits per heavy atom. The van der Waals surface area contributed by atoms with Crippen molar-refractivity contribution in [2.24, 2.45) is 0 Å². The molecule has 1 atom stereocenters. The Bertz CT molecular complexity index is 711. The number of nitriles is 1. The van der Waals surface area contributed by atoms with E-state index in [9.17, 15) is 0 Å². The fourth-order valence-corrected chi connectivity index (χ4v) is 3.26. The van der Waals surface area contributed by atoms with E-state index >= 15 is 0 Å². The van der Waals surface area contributed by atoms with Gasteiger partial charge in [0, 0.05) is 24.9 Å². The minimum atomic E-state index is 0.374. The van der Waals surface area contributed by atoms with E-state index in [4.69, 9.17) is 9.78 Å². The summed E-state index contributed by atoms with van der Waals surface area (Å²) in [6.07, 6.45) is 4.68. The van der Waals surface area contributed by atoms with Gasteiger partial charge >= 0.3 is 0 Å². The lowest BCUT2D eigenvalue weighted by Gasteiger charge is -2.31. The van der Waals surface area contributed by atoms with Gasteiger partial charge in [0.15, 0.2) is 5.82 Å². The molecule has 0 spiro atoms. The van der Waals surface area contributed by atoms with Crippen LogP contribution < -0.4 is 0 Å². The van der Waals surface area contributed by atoms with Crippen molar-refractivity contribution in [3.63, 3.8) is 0 Å². The number of nitrogens with zero attached hydrogens (tertiary/aromatic N) is 4. The molecule has 1 saturated carbocycles. The van der Waals surface area contributed by atoms with E-state index in [1.54, 1.807) is 0 Å². The molecule has 2 aromatic rings. The van der Waals surface area contributed by atoms with Crippen LogP contribution >= 0.6 is 0 Å². The van der Waals surface area contributed by atoms with Crippen molar-refractivity contribution >= 4 is 0 Å². The fourth-order valence-electron chi connectivity index (χ4n) is 3.26. The van der Waals surface area contributed by atoms with Crippen LogP contribution in [0.3, 0.4) is 0 Å². The number of hydrogen-bond acceptors (Lipinski definition) is 5. The maximum absolute atomic E-state index is 8.87. The van der Waals surface area contributed by atoms with Gasteiger partial charge in [-0.1, -0.05) is 17.3 Å². The summed E-state index contributed by atoms with van der Waals surface area (Å²) in [5.41, 5.74) is 1.96. The number of rotatable bonds is 4. The number of likely N-dealkylation sites (tertiary alicyclic amines) is 1. The molecule has 118 valence electrons. The van der Waals surface area contributed by atoms with Gasteiger partial charge in [-0.25, -0.2) is 0 Å². The quantitative estimate of drug-likeness (QED) is 0.867. The van der Waals surface area contributed by atoms with Crippen molar-refractivity contribution in [3.05, 3.63) is 47.1 Å². The standard InChI is InChI=1S/C18H20N4O/c19-10-13-3-5-14(6-4-13)11-22-9-1-2-16(12-22)17-20-18(23-21-17)15-7-8-15/h3-6,15-16H,1-2,7-9,11-12H2. The first kappa shape index (κ1) is 14.4. The van der Waals surface area contributed by atoms with Crippen LogP contribution in [0.4, 0.5) is 0 Å². The number of aromatic nitrogens is 2. The van der Waals surface area contributed by atoms with E-state index in [1.807, 2.05) is 24.3 Å². The van der Waals surface area contributed by atoms with Crippen molar-refractivity contribution in [1.82, 2.24) is 15.0 Å². The predicted octanol–water partition coefficient (Wildman–Crippen LogP) is 3.20. The maximum Gasteiger partial charge on any atom is 0.229 e. The van der Waals surface area contributed by atoms with E-state index < -0.39 is 0 Å². The minimum Gasteiger partial charge on any atom is -0.339 e. The summed E-state index contributed by atoms with van der Waals surface area (Å²) < 4.78 is 5.41. The molecule has 1 aromatic carbocycles. The lowest BCUT2D eigenvalue weighted by Crippen LogP contribution is -2.34. The van der Waals surface area contributed by atoms with E-state index in [-0.39, 0.29) is 0 Å². The second kappa shape index (κ2) is 6.13. The first-order valence-electron chi connectivity index (χ1n) is 8.37. The molecule has 0 bridgehead atoms. The number of hydrogen-bond donors (Lipinski definition) is 0. The lowest BCUT2D eigenvalue weighted by molar-refractivity contribution is 0.194. The van der Waals surface area contributed by atoms with Gasteiger partial charge in [0.05, 0.1) is 11.6 Å². The number of benzene rings is 1. The Kier molecular flexibility index (Phi) is 3.84. The SMILES string of the molecule is N#Cc1ccc(CN2CCCC(c3noc(C4CC4)n3)C2)cc1. The molecule has 0 amide bonds. The molecule has 2 aliphatic rings. The minimum absolute atomic E-state index is 0.374. The van der Waals surface area contributed by atoms with Gasteiger partial charge in [-0.15, -0.1) is 0 Å². The van der Waals surface area contributed by atoms with Crippen LogP contribution in [-0.4, -0.2) is 28.1 Å². The summed E-state index contributed by atoms with van der Waals surface area (Å²) in [7, 11) is 0. The van der Waals surface area contributed by atoms with Crippen LogP contribution in [0.25, 0.3) is 0 Å². The van der Waals surface area contributed by atoms with Gasteiger partial charge < -0.3 is 4.52 Å². The predicted molar refractivity (Wildman–Crippen MR) is 84.7 cm³/mol. The molecule has 1 aliphatic heterocycles. The molecule has 1 unspecified atom stereocenters. The van der Waals surface area contributed by atoms with Crippen LogP contribution in [0.5, 0.6) is 0 Å². The third-order valence-corrected chi connectivity index (χ3v) is 4.74. The summed E-state index contributed by atoms with van der Waals surface area (Å²) in [6.45, 7) is 2.99. The second-order valence-corrected chi connectivity index (χ2v) is 6.65. The summed E-state index contributed by atoms with van der Waals surface area (Å²) in [6, 6.07) is 10.0. The molecule has 4 rings (SSSR count). The van der Waals surface area contributed by atoms with Crippen LogP contribution in [0.1, 0.15) is 60.4 Å². The van der Waals surface area contributed by atoms with Crippen LogP contribution in [0.15, 0.2) is 28.8 Å². The maximum atomic E-state index is 8.87. The van der Waals surface area contributed by atoms with Crippen molar-refractivity contribution in [3.8, 4) is 6.07 Å². The third kappa shape index (κ3) is 3.27. The zero-order valence-corrected chi connectivity index (χ0v) is 13.1. The topological polar surface area (TPSA) is 66.0 Å². The molecular formula is C18H20N4O. The first-order valence-corrected chi connectivity index (χ1v) is 8.37. The van der Waals surface area contributed by atoms with Crippen molar-refractivity contribution in [1.29, 1.82) is 5.26 Å². The highest BCUT2D eigenvalue weighted by Crippen LogP contribution is 2.39. The normalized spacial score (nSPS) is 22.0. The largest absolute Gasteiger partial charge is 0.339 e. The Morgan fingerprint density at radius 2 is 2.00 bits per heavy atom. The van der Waals surface area contributed by atoms with Gasteiger partial charge in [-0.05, 0) is 49.9 Å². The zero-order chi connectivity index (χ0) is 15.6. The lowest BCUT2D eigenvalue weighted by atomic mass is 9.97. The molecule has 5 nitrogen and oxygen atoms in total. The molecule has 2 fully saturated rings. The van der Waals surface area contributed by atoms with Gasteiger partial charge in [0.1, 0.15) is 0 Å². The van der Waals surface area contributed by atoms with E-state index in [0.29, 0.717) is 17.4 Å². The van der Waals surface area contributed by atoms with E-state index in [0.717, 1.165) is 44.2 Å². The molecule has 1 saturated heterocycles. The molecule has 2 heterocycles. The highest BCUT2D eigenvalue weighted by Gasteiger charge is 2.32. The Labute approximate surface area is 135 Å². The Hall–Kier alpha value is -2.19. The Morgan fingerprint density at radius 3 is 2.74 bits per heavy atom.